The number of hydrogen-bond donors (Lipinski definition) is 2. The molecule has 0 aliphatic heterocycles. The highest BCUT2D eigenvalue weighted by Gasteiger charge is 2.20. The lowest BCUT2D eigenvalue weighted by Crippen LogP contribution is -2.44. The van der Waals surface area contributed by atoms with E-state index in [0.717, 1.165) is 10.9 Å². The predicted octanol–water partition coefficient (Wildman–Crippen LogP) is 2.75. The number of fused-ring (bicyclic) bond motifs is 1. The molecule has 1 heterocycles. The average molecular weight is 318 g/mol. The largest absolute Gasteiger partial charge is 0.383 e. The Kier molecular flexibility index (Phi) is 4.90. The fraction of sp³-hybridized carbons (Fsp3) is 0.438. The molecular formula is C16H22N4OS. The molecule has 22 heavy (non-hydrogen) atoms. The topological polar surface area (TPSA) is 80.9 Å². The summed E-state index contributed by atoms with van der Waals surface area (Å²) in [5.41, 5.74) is 6.57. The number of aromatic nitrogens is 2. The van der Waals surface area contributed by atoms with E-state index in [0.29, 0.717) is 17.4 Å². The van der Waals surface area contributed by atoms with Gasteiger partial charge in [-0.15, -0.1) is 11.8 Å². The van der Waals surface area contributed by atoms with Crippen LogP contribution in [0.5, 0.6) is 0 Å². The number of nitrogen functional groups attached to an aromatic ring is 1. The summed E-state index contributed by atoms with van der Waals surface area (Å²) in [4.78, 5) is 20.9. The van der Waals surface area contributed by atoms with E-state index < -0.39 is 0 Å². The third-order valence-electron chi connectivity index (χ3n) is 3.01. The molecule has 0 unspecified atom stereocenters. The first-order chi connectivity index (χ1) is 10.3. The summed E-state index contributed by atoms with van der Waals surface area (Å²) in [6.07, 6.45) is 0. The van der Waals surface area contributed by atoms with Gasteiger partial charge in [-0.25, -0.2) is 9.97 Å². The van der Waals surface area contributed by atoms with Gasteiger partial charge in [-0.2, -0.15) is 0 Å². The Bertz CT molecular complexity index is 681. The molecule has 1 aromatic heterocycles. The second kappa shape index (κ2) is 6.52. The molecule has 1 atom stereocenters. The molecule has 0 spiro atoms. The number of carbonyl (C=O) groups excluding carboxylic acids is 1. The van der Waals surface area contributed by atoms with Gasteiger partial charge in [0.1, 0.15) is 11.6 Å². The lowest BCUT2D eigenvalue weighted by molar-refractivity contribution is -0.121. The van der Waals surface area contributed by atoms with Gasteiger partial charge < -0.3 is 11.1 Å². The first-order valence-corrected chi connectivity index (χ1v) is 8.26. The van der Waals surface area contributed by atoms with Gasteiger partial charge in [0.2, 0.25) is 5.91 Å². The van der Waals surface area contributed by atoms with E-state index in [1.807, 2.05) is 52.0 Å². The van der Waals surface area contributed by atoms with Gasteiger partial charge in [0.05, 0.1) is 16.5 Å². The predicted molar refractivity (Wildman–Crippen MR) is 92.6 cm³/mol. The zero-order valence-corrected chi connectivity index (χ0v) is 14.2. The minimum atomic E-state index is -0.226. The summed E-state index contributed by atoms with van der Waals surface area (Å²) in [5.74, 6) is 1.70. The number of benzene rings is 1. The second-order valence-corrected chi connectivity index (χ2v) is 7.56. The maximum atomic E-state index is 12.1. The summed E-state index contributed by atoms with van der Waals surface area (Å²) in [6.45, 7) is 7.79. The SMILES string of the molecule is C[C@@H](SCc1nc(N)c2ccccc2n1)C(=O)NC(C)(C)C. The Morgan fingerprint density at radius 1 is 1.32 bits per heavy atom. The molecule has 118 valence electrons. The number of nitrogens with zero attached hydrogens (tertiary/aromatic N) is 2. The Labute approximate surface area is 135 Å². The van der Waals surface area contributed by atoms with Crippen molar-refractivity contribution >= 4 is 34.4 Å². The van der Waals surface area contributed by atoms with Crippen LogP contribution >= 0.6 is 11.8 Å². The van der Waals surface area contributed by atoms with Crippen LogP contribution in [0.3, 0.4) is 0 Å². The Morgan fingerprint density at radius 3 is 2.68 bits per heavy atom. The third kappa shape index (κ3) is 4.34. The summed E-state index contributed by atoms with van der Waals surface area (Å²) in [7, 11) is 0. The number of nitrogens with one attached hydrogen (secondary N) is 1. The van der Waals surface area contributed by atoms with E-state index in [4.69, 9.17) is 5.73 Å². The van der Waals surface area contributed by atoms with Gasteiger partial charge in [-0.1, -0.05) is 12.1 Å². The number of carbonyl (C=O) groups is 1. The maximum absolute atomic E-state index is 12.1. The van der Waals surface area contributed by atoms with Crippen LogP contribution in [0.15, 0.2) is 24.3 Å². The van der Waals surface area contributed by atoms with E-state index >= 15 is 0 Å². The average Bonchev–Trinajstić information content (AvgIpc) is 2.43. The quantitative estimate of drug-likeness (QED) is 0.906. The smallest absolute Gasteiger partial charge is 0.233 e. The van der Waals surface area contributed by atoms with Crippen molar-refractivity contribution in [2.45, 2.75) is 44.2 Å². The van der Waals surface area contributed by atoms with Crippen LogP contribution in [0, 0.1) is 0 Å². The van der Waals surface area contributed by atoms with Crippen LogP contribution in [0.4, 0.5) is 5.82 Å². The highest BCUT2D eigenvalue weighted by Crippen LogP contribution is 2.21. The fourth-order valence-corrected chi connectivity index (χ4v) is 2.70. The molecule has 1 aromatic carbocycles. The summed E-state index contributed by atoms with van der Waals surface area (Å²) < 4.78 is 0. The van der Waals surface area contributed by atoms with Gasteiger partial charge in [0.25, 0.3) is 0 Å². The molecule has 0 radical (unpaired) electrons. The first kappa shape index (κ1) is 16.5. The monoisotopic (exact) mass is 318 g/mol. The van der Waals surface area contributed by atoms with Gasteiger partial charge in [0, 0.05) is 10.9 Å². The Balaban J connectivity index is 2.04. The van der Waals surface area contributed by atoms with Crippen LogP contribution in [0.2, 0.25) is 0 Å². The zero-order chi connectivity index (χ0) is 16.3. The number of rotatable bonds is 4. The molecule has 2 rings (SSSR count). The number of anilines is 1. The van der Waals surface area contributed by atoms with Gasteiger partial charge >= 0.3 is 0 Å². The van der Waals surface area contributed by atoms with Crippen molar-refractivity contribution in [2.75, 3.05) is 5.73 Å². The van der Waals surface area contributed by atoms with Gasteiger partial charge in [0.15, 0.2) is 0 Å². The van der Waals surface area contributed by atoms with Crippen LogP contribution in [-0.2, 0) is 10.5 Å². The number of nitrogens with two attached hydrogens (primary N) is 1. The lowest BCUT2D eigenvalue weighted by Gasteiger charge is -2.22. The highest BCUT2D eigenvalue weighted by atomic mass is 32.2. The van der Waals surface area contributed by atoms with Crippen molar-refractivity contribution in [2.24, 2.45) is 0 Å². The van der Waals surface area contributed by atoms with Crippen LogP contribution in [0.25, 0.3) is 10.9 Å². The number of para-hydroxylation sites is 1. The van der Waals surface area contributed by atoms with Gasteiger partial charge in [-0.3, -0.25) is 4.79 Å². The Hall–Kier alpha value is -1.82. The molecule has 5 nitrogen and oxygen atoms in total. The van der Waals surface area contributed by atoms with E-state index in [1.54, 1.807) is 0 Å². The molecule has 0 fully saturated rings. The van der Waals surface area contributed by atoms with Crippen molar-refractivity contribution in [3.63, 3.8) is 0 Å². The number of amides is 1. The van der Waals surface area contributed by atoms with Crippen LogP contribution < -0.4 is 11.1 Å². The van der Waals surface area contributed by atoms with E-state index in [1.165, 1.54) is 11.8 Å². The molecule has 2 aromatic rings. The summed E-state index contributed by atoms with van der Waals surface area (Å²) in [6, 6.07) is 7.65. The molecule has 1 amide bonds. The summed E-state index contributed by atoms with van der Waals surface area (Å²) in [5, 5.41) is 3.66. The van der Waals surface area contributed by atoms with E-state index in [2.05, 4.69) is 15.3 Å². The molecule has 0 saturated carbocycles. The first-order valence-electron chi connectivity index (χ1n) is 7.21. The van der Waals surface area contributed by atoms with Crippen LogP contribution in [-0.4, -0.2) is 26.7 Å². The highest BCUT2D eigenvalue weighted by molar-refractivity contribution is 7.99. The summed E-state index contributed by atoms with van der Waals surface area (Å²) >= 11 is 1.50. The molecular weight excluding hydrogens is 296 g/mol. The second-order valence-electron chi connectivity index (χ2n) is 6.23. The van der Waals surface area contributed by atoms with Crippen molar-refractivity contribution in [3.05, 3.63) is 30.1 Å². The van der Waals surface area contributed by atoms with Crippen molar-refractivity contribution in [3.8, 4) is 0 Å². The van der Waals surface area contributed by atoms with Crippen molar-refractivity contribution < 1.29 is 4.79 Å². The zero-order valence-electron chi connectivity index (χ0n) is 13.4. The minimum absolute atomic E-state index is 0.0197. The standard InChI is InChI=1S/C16H22N4OS/c1-10(15(21)20-16(2,3)4)22-9-13-18-12-8-6-5-7-11(12)14(17)19-13/h5-8,10H,9H2,1-4H3,(H,20,21)(H2,17,18,19)/t10-/m1/s1. The van der Waals surface area contributed by atoms with Gasteiger partial charge in [-0.05, 0) is 39.8 Å². The molecule has 0 bridgehead atoms. The lowest BCUT2D eigenvalue weighted by atomic mass is 10.1. The normalized spacial score (nSPS) is 13.1. The fourth-order valence-electron chi connectivity index (χ4n) is 1.96. The van der Waals surface area contributed by atoms with Crippen molar-refractivity contribution in [1.29, 1.82) is 0 Å². The van der Waals surface area contributed by atoms with E-state index in [-0.39, 0.29) is 16.7 Å². The molecule has 0 aliphatic carbocycles. The Morgan fingerprint density at radius 2 is 2.00 bits per heavy atom. The molecule has 0 saturated heterocycles. The van der Waals surface area contributed by atoms with Crippen molar-refractivity contribution in [1.82, 2.24) is 15.3 Å². The van der Waals surface area contributed by atoms with Crippen LogP contribution in [0.1, 0.15) is 33.5 Å². The van der Waals surface area contributed by atoms with E-state index in [9.17, 15) is 4.79 Å². The molecule has 6 heteroatoms. The number of thioether (sulfide) groups is 1. The molecule has 3 N–H and O–H groups in total. The number of hydrogen-bond acceptors (Lipinski definition) is 5. The third-order valence-corrected chi connectivity index (χ3v) is 4.15. The maximum Gasteiger partial charge on any atom is 0.233 e. The minimum Gasteiger partial charge on any atom is -0.383 e. The molecule has 0 aliphatic rings.